The molecule has 0 saturated carbocycles. The lowest BCUT2D eigenvalue weighted by Gasteiger charge is -2.32. The van der Waals surface area contributed by atoms with Crippen molar-refractivity contribution < 1.29 is 32.5 Å². The summed E-state index contributed by atoms with van der Waals surface area (Å²) in [6, 6.07) is 10.7. The summed E-state index contributed by atoms with van der Waals surface area (Å²) in [5.41, 5.74) is 2.77. The van der Waals surface area contributed by atoms with Gasteiger partial charge in [0.1, 0.15) is 0 Å². The molecule has 1 aliphatic rings. The lowest BCUT2D eigenvalue weighted by molar-refractivity contribution is -0.134. The number of benzene rings is 2. The Morgan fingerprint density at radius 3 is 2.42 bits per heavy atom. The Kier molecular flexibility index (Phi) is 7.49. The zero-order valence-corrected chi connectivity index (χ0v) is 20.6. The maximum absolute atomic E-state index is 13.7. The fourth-order valence-corrected chi connectivity index (χ4v) is 4.99. The summed E-state index contributed by atoms with van der Waals surface area (Å²) < 4.78 is 51.6. The molecular weight excluding hydrogens is 473 g/mol. The van der Waals surface area contributed by atoms with Crippen LogP contribution in [-0.2, 0) is 11.2 Å². The molecule has 36 heavy (non-hydrogen) atoms. The van der Waals surface area contributed by atoms with Gasteiger partial charge in [-0.15, -0.1) is 0 Å². The minimum atomic E-state index is -4.38. The second-order valence-corrected chi connectivity index (χ2v) is 9.35. The molecule has 1 atom stereocenters. The molecule has 1 amide bonds. The molecule has 0 bridgehead atoms. The van der Waals surface area contributed by atoms with Gasteiger partial charge in [-0.2, -0.15) is 13.2 Å². The molecule has 194 valence electrons. The molecule has 2 N–H and O–H groups in total. The SMILES string of the molecule is COc1ccc(-c2[nH]c3ccc(C4CCN(C(=O)C[C@@H](C)O)CC4)cc3c2CC(F)(F)F)cc1OC. The first-order valence-corrected chi connectivity index (χ1v) is 12.0. The van der Waals surface area contributed by atoms with Crippen LogP contribution >= 0.6 is 0 Å². The van der Waals surface area contributed by atoms with Gasteiger partial charge >= 0.3 is 6.18 Å². The molecule has 6 nitrogen and oxygen atoms in total. The standard InChI is InChI=1S/C27H31F3N2O4/c1-16(33)12-25(34)32-10-8-17(9-11-32)18-4-6-22-20(13-18)21(15-27(28,29)30)26(31-22)19-5-7-23(35-2)24(14-19)36-3/h4-7,13-14,16-17,31,33H,8-12,15H2,1-3H3/t16-/m1/s1. The molecule has 1 aliphatic heterocycles. The minimum Gasteiger partial charge on any atom is -0.493 e. The number of alkyl halides is 3. The highest BCUT2D eigenvalue weighted by Gasteiger charge is 2.32. The monoisotopic (exact) mass is 504 g/mol. The number of amides is 1. The number of ether oxygens (including phenoxy) is 2. The van der Waals surface area contributed by atoms with Gasteiger partial charge in [0.25, 0.3) is 0 Å². The van der Waals surface area contributed by atoms with Gasteiger partial charge in [-0.05, 0) is 67.1 Å². The Balaban J connectivity index is 1.67. The first kappa shape index (κ1) is 25.9. The number of nitrogens with one attached hydrogen (secondary N) is 1. The van der Waals surface area contributed by atoms with Crippen molar-refractivity contribution in [1.82, 2.24) is 9.88 Å². The molecule has 0 aliphatic carbocycles. The third kappa shape index (κ3) is 5.61. The average molecular weight is 505 g/mol. The summed E-state index contributed by atoms with van der Waals surface area (Å²) in [7, 11) is 2.99. The maximum Gasteiger partial charge on any atom is 0.393 e. The van der Waals surface area contributed by atoms with E-state index in [-0.39, 0.29) is 23.8 Å². The Morgan fingerprint density at radius 2 is 1.81 bits per heavy atom. The van der Waals surface area contributed by atoms with Crippen LogP contribution in [0, 0.1) is 0 Å². The number of carbonyl (C=O) groups is 1. The van der Waals surface area contributed by atoms with E-state index >= 15 is 0 Å². The fourth-order valence-electron chi connectivity index (χ4n) is 4.99. The van der Waals surface area contributed by atoms with E-state index in [1.807, 2.05) is 18.2 Å². The summed E-state index contributed by atoms with van der Waals surface area (Å²) in [4.78, 5) is 17.2. The van der Waals surface area contributed by atoms with E-state index < -0.39 is 18.7 Å². The van der Waals surface area contributed by atoms with Crippen molar-refractivity contribution in [1.29, 1.82) is 0 Å². The summed E-state index contributed by atoms with van der Waals surface area (Å²) in [6.45, 7) is 2.72. The van der Waals surface area contributed by atoms with E-state index in [0.717, 1.165) is 18.4 Å². The van der Waals surface area contributed by atoms with E-state index in [9.17, 15) is 23.1 Å². The molecule has 2 heterocycles. The molecule has 1 aromatic heterocycles. The Bertz CT molecular complexity index is 1230. The van der Waals surface area contributed by atoms with E-state index in [1.54, 1.807) is 30.0 Å². The Morgan fingerprint density at radius 1 is 1.11 bits per heavy atom. The number of nitrogens with zero attached hydrogens (tertiary/aromatic N) is 1. The van der Waals surface area contributed by atoms with Gasteiger partial charge in [-0.1, -0.05) is 6.07 Å². The quantitative estimate of drug-likeness (QED) is 0.450. The van der Waals surface area contributed by atoms with Crippen LogP contribution in [0.4, 0.5) is 13.2 Å². The third-order valence-electron chi connectivity index (χ3n) is 6.77. The molecule has 1 saturated heterocycles. The van der Waals surface area contributed by atoms with Crippen LogP contribution in [0.1, 0.15) is 43.2 Å². The molecule has 0 unspecified atom stereocenters. The van der Waals surface area contributed by atoms with Crippen LogP contribution in [0.3, 0.4) is 0 Å². The highest BCUT2D eigenvalue weighted by Crippen LogP contribution is 2.40. The number of aliphatic hydroxyl groups is 1. The summed E-state index contributed by atoms with van der Waals surface area (Å²) in [6.07, 6.45) is -4.59. The van der Waals surface area contributed by atoms with Crippen LogP contribution < -0.4 is 9.47 Å². The molecule has 3 aromatic rings. The van der Waals surface area contributed by atoms with Gasteiger partial charge in [-0.25, -0.2) is 0 Å². The smallest absolute Gasteiger partial charge is 0.393 e. The van der Waals surface area contributed by atoms with Gasteiger partial charge in [0.15, 0.2) is 11.5 Å². The number of hydrogen-bond donors (Lipinski definition) is 2. The van der Waals surface area contributed by atoms with Gasteiger partial charge in [-0.3, -0.25) is 4.79 Å². The number of aliphatic hydroxyl groups excluding tert-OH is 1. The topological polar surface area (TPSA) is 74.8 Å². The molecule has 9 heteroatoms. The van der Waals surface area contributed by atoms with Gasteiger partial charge in [0.2, 0.25) is 5.91 Å². The van der Waals surface area contributed by atoms with Crippen molar-refractivity contribution in [2.45, 2.75) is 50.8 Å². The molecule has 0 radical (unpaired) electrons. The third-order valence-corrected chi connectivity index (χ3v) is 6.77. The van der Waals surface area contributed by atoms with Crippen molar-refractivity contribution in [2.24, 2.45) is 0 Å². The number of aromatic nitrogens is 1. The fraction of sp³-hybridized carbons (Fsp3) is 0.444. The predicted molar refractivity (Wildman–Crippen MR) is 131 cm³/mol. The molecular formula is C27H31F3N2O4. The van der Waals surface area contributed by atoms with Crippen LogP contribution in [0.5, 0.6) is 11.5 Å². The van der Waals surface area contributed by atoms with E-state index in [4.69, 9.17) is 9.47 Å². The number of halogens is 3. The Hall–Kier alpha value is -3.20. The van der Waals surface area contributed by atoms with Gasteiger partial charge < -0.3 is 24.5 Å². The highest BCUT2D eigenvalue weighted by atomic mass is 19.4. The summed E-state index contributed by atoms with van der Waals surface area (Å²) in [5.74, 6) is 0.999. The number of aromatic amines is 1. The van der Waals surface area contributed by atoms with E-state index in [1.165, 1.54) is 14.2 Å². The number of H-pyrrole nitrogens is 1. The number of methoxy groups -OCH3 is 2. The lowest BCUT2D eigenvalue weighted by atomic mass is 9.88. The van der Waals surface area contributed by atoms with Crippen molar-refractivity contribution in [2.75, 3.05) is 27.3 Å². The number of rotatable bonds is 7. The highest BCUT2D eigenvalue weighted by molar-refractivity contribution is 5.92. The van der Waals surface area contributed by atoms with Crippen molar-refractivity contribution in [3.05, 3.63) is 47.5 Å². The van der Waals surface area contributed by atoms with Crippen molar-refractivity contribution >= 4 is 16.8 Å². The van der Waals surface area contributed by atoms with Crippen LogP contribution in [0.2, 0.25) is 0 Å². The summed E-state index contributed by atoms with van der Waals surface area (Å²) >= 11 is 0. The average Bonchev–Trinajstić information content (AvgIpc) is 3.19. The first-order valence-electron chi connectivity index (χ1n) is 12.0. The summed E-state index contributed by atoms with van der Waals surface area (Å²) in [5, 5.41) is 10.0. The van der Waals surface area contributed by atoms with Crippen LogP contribution in [-0.4, -0.2) is 60.5 Å². The first-order chi connectivity index (χ1) is 17.1. The number of piperidine rings is 1. The van der Waals surface area contributed by atoms with E-state index in [2.05, 4.69) is 4.98 Å². The van der Waals surface area contributed by atoms with Crippen LogP contribution in [0.25, 0.3) is 22.2 Å². The predicted octanol–water partition coefficient (Wildman–Crippen LogP) is 5.43. The number of hydrogen-bond acceptors (Lipinski definition) is 4. The zero-order chi connectivity index (χ0) is 26.0. The normalized spacial score (nSPS) is 15.8. The number of fused-ring (bicyclic) bond motifs is 1. The van der Waals surface area contributed by atoms with E-state index in [0.29, 0.717) is 46.7 Å². The molecule has 2 aromatic carbocycles. The van der Waals surface area contributed by atoms with Crippen LogP contribution in [0.15, 0.2) is 36.4 Å². The van der Waals surface area contributed by atoms with Crippen molar-refractivity contribution in [3.63, 3.8) is 0 Å². The Labute approximate surface area is 208 Å². The number of carbonyl (C=O) groups excluding carboxylic acids is 1. The minimum absolute atomic E-state index is 0.0726. The number of likely N-dealkylation sites (tertiary alicyclic amines) is 1. The maximum atomic E-state index is 13.7. The van der Waals surface area contributed by atoms with Gasteiger partial charge in [0, 0.05) is 29.6 Å². The van der Waals surface area contributed by atoms with Crippen molar-refractivity contribution in [3.8, 4) is 22.8 Å². The second-order valence-electron chi connectivity index (χ2n) is 9.35. The van der Waals surface area contributed by atoms with Gasteiger partial charge in [0.05, 0.1) is 38.9 Å². The molecule has 1 fully saturated rings. The molecule has 4 rings (SSSR count). The second kappa shape index (κ2) is 10.4. The molecule has 0 spiro atoms. The zero-order valence-electron chi connectivity index (χ0n) is 20.6. The lowest BCUT2D eigenvalue weighted by Crippen LogP contribution is -2.39. The largest absolute Gasteiger partial charge is 0.493 e.